The highest BCUT2D eigenvalue weighted by atomic mass is 16.7. The molecule has 5 N–H and O–H groups in total. The van der Waals surface area contributed by atoms with Crippen molar-refractivity contribution in [3.8, 4) is 0 Å². The Kier molecular flexibility index (Phi) is 12.7. The summed E-state index contributed by atoms with van der Waals surface area (Å²) in [7, 11) is 1.91. The second-order valence-electron chi connectivity index (χ2n) is 18.2. The Morgan fingerprint density at radius 3 is 2.65 bits per heavy atom. The second kappa shape index (κ2) is 17.3. The third kappa shape index (κ3) is 7.84. The van der Waals surface area contributed by atoms with Crippen LogP contribution in [-0.2, 0) is 20.7 Å². The average Bonchev–Trinajstić information content (AvgIpc) is 3.92. The van der Waals surface area contributed by atoms with Crippen molar-refractivity contribution in [2.75, 3.05) is 40.0 Å². The van der Waals surface area contributed by atoms with Gasteiger partial charge in [0.15, 0.2) is 11.4 Å². The number of hydrogen-bond donors (Lipinski definition) is 5. The monoisotopic (exact) mass is 782 g/mol. The van der Waals surface area contributed by atoms with E-state index in [0.29, 0.717) is 42.5 Å². The molecule has 310 valence electrons. The molecule has 2 saturated carbocycles. The van der Waals surface area contributed by atoms with Crippen LogP contribution in [0.2, 0.25) is 0 Å². The molecule has 6 unspecified atom stereocenters. The zero-order valence-corrected chi connectivity index (χ0v) is 34.9. The van der Waals surface area contributed by atoms with Crippen molar-refractivity contribution in [3.05, 3.63) is 81.7 Å². The fourth-order valence-electron chi connectivity index (χ4n) is 11.1. The first-order chi connectivity index (χ1) is 27.5. The minimum atomic E-state index is -2.10. The molecule has 7 rings (SSSR count). The number of ether oxygens (including phenoxy) is 2. The van der Waals surface area contributed by atoms with E-state index < -0.39 is 23.0 Å². The molecular formula is C47H66N4O6. The topological polar surface area (TPSA) is 141 Å². The van der Waals surface area contributed by atoms with Gasteiger partial charge in [-0.15, -0.1) is 0 Å². The van der Waals surface area contributed by atoms with Crippen molar-refractivity contribution in [3.63, 3.8) is 0 Å². The molecule has 2 aliphatic heterocycles. The molecule has 0 bridgehead atoms. The Balaban J connectivity index is 1.21. The minimum absolute atomic E-state index is 0.0517. The molecule has 0 aromatic heterocycles. The minimum Gasteiger partial charge on any atom is -0.463 e. The van der Waals surface area contributed by atoms with E-state index in [1.165, 1.54) is 12.0 Å². The van der Waals surface area contributed by atoms with Crippen LogP contribution in [0.25, 0.3) is 0 Å². The predicted octanol–water partition coefficient (Wildman–Crippen LogP) is 6.46. The van der Waals surface area contributed by atoms with Crippen LogP contribution < -0.4 is 21.3 Å². The average molecular weight is 783 g/mol. The molecule has 0 spiro atoms. The maximum Gasteiger partial charge on any atom is 0.350 e. The number of Topliss-reactive ketones (excluding diaryl/α,β-unsaturated/α-hetero) is 2. The van der Waals surface area contributed by atoms with Crippen LogP contribution in [0.5, 0.6) is 0 Å². The summed E-state index contributed by atoms with van der Waals surface area (Å²) in [4.78, 5) is 44.6. The number of dihydropyridines is 1. The lowest BCUT2D eigenvalue weighted by atomic mass is 9.64. The number of rotatable bonds is 16. The van der Waals surface area contributed by atoms with E-state index in [0.717, 1.165) is 81.4 Å². The molecule has 3 fully saturated rings. The van der Waals surface area contributed by atoms with Gasteiger partial charge < -0.3 is 35.8 Å². The number of aliphatic hydroxyl groups is 1. The van der Waals surface area contributed by atoms with E-state index in [1.807, 2.05) is 26.1 Å². The number of allylic oxidation sites excluding steroid dienone is 5. The molecule has 4 aliphatic carbocycles. The molecular weight excluding hydrogens is 717 g/mol. The van der Waals surface area contributed by atoms with Crippen LogP contribution in [-0.4, -0.2) is 79.9 Å². The summed E-state index contributed by atoms with van der Waals surface area (Å²) < 4.78 is 12.7. The largest absolute Gasteiger partial charge is 0.463 e. The lowest BCUT2D eigenvalue weighted by Gasteiger charge is -2.42. The molecule has 2 heterocycles. The van der Waals surface area contributed by atoms with Crippen molar-refractivity contribution in [2.24, 2.45) is 29.1 Å². The highest BCUT2D eigenvalue weighted by Gasteiger charge is 2.85. The van der Waals surface area contributed by atoms with Gasteiger partial charge in [0.1, 0.15) is 5.82 Å². The number of carbonyl (C=O) groups excluding carboxylic acids is 3. The maximum atomic E-state index is 15.0. The number of esters is 1. The number of epoxide rings is 1. The fraction of sp³-hybridized carbons (Fsp3) is 0.638. The summed E-state index contributed by atoms with van der Waals surface area (Å²) >= 11 is 0. The zero-order valence-electron chi connectivity index (χ0n) is 34.9. The predicted molar refractivity (Wildman–Crippen MR) is 222 cm³/mol. The van der Waals surface area contributed by atoms with Crippen molar-refractivity contribution in [2.45, 2.75) is 122 Å². The Morgan fingerprint density at radius 2 is 1.91 bits per heavy atom. The summed E-state index contributed by atoms with van der Waals surface area (Å²) in [6.07, 6.45) is 19.9. The molecule has 0 amide bonds. The molecule has 57 heavy (non-hydrogen) atoms. The third-order valence-corrected chi connectivity index (χ3v) is 14.0. The van der Waals surface area contributed by atoms with E-state index in [1.54, 1.807) is 6.07 Å². The standard InChI is InChI=1S/C47H66N4O6/c1-6-49-39-23-33-14-9-8-13-32(33)22-35(39)28-56-44(55)47-43(54)41-34(21-30(2)3)15-12-16-38(41)42(53)46(47,57-47)26-36(27-52)31(4)25-45(18-10-7-11-19-45)37-17-20-50-40(24-37)51-29-48-5/h9,12,14-17,24,30,32-33,35,39,48-52H,6-8,10-11,13,18-23,25-29H2,1-5H3. The highest BCUT2D eigenvalue weighted by molar-refractivity contribution is 6.33. The molecule has 1 saturated heterocycles. The fourth-order valence-corrected chi connectivity index (χ4v) is 11.1. The summed E-state index contributed by atoms with van der Waals surface area (Å²) in [5, 5.41) is 24.7. The van der Waals surface area contributed by atoms with Gasteiger partial charge in [-0.05, 0) is 118 Å². The van der Waals surface area contributed by atoms with Crippen LogP contribution in [0.1, 0.15) is 125 Å². The van der Waals surface area contributed by atoms with Crippen LogP contribution in [0.15, 0.2) is 65.0 Å². The summed E-state index contributed by atoms with van der Waals surface area (Å²) in [5.41, 5.74) is 0.177. The van der Waals surface area contributed by atoms with Gasteiger partial charge in [0, 0.05) is 36.1 Å². The maximum absolute atomic E-state index is 15.0. The zero-order chi connectivity index (χ0) is 40.4. The highest BCUT2D eigenvalue weighted by Crippen LogP contribution is 2.60. The van der Waals surface area contributed by atoms with Crippen molar-refractivity contribution in [1.29, 1.82) is 0 Å². The number of fused-ring (bicyclic) bond motifs is 3. The lowest BCUT2D eigenvalue weighted by Crippen LogP contribution is -2.52. The first-order valence-electron chi connectivity index (χ1n) is 21.8. The van der Waals surface area contributed by atoms with Gasteiger partial charge in [-0.2, -0.15) is 0 Å². The van der Waals surface area contributed by atoms with Gasteiger partial charge in [-0.1, -0.05) is 82.0 Å². The first-order valence-corrected chi connectivity index (χ1v) is 21.8. The molecule has 10 nitrogen and oxygen atoms in total. The van der Waals surface area contributed by atoms with E-state index in [9.17, 15) is 19.5 Å². The number of hydrogen-bond acceptors (Lipinski definition) is 10. The van der Waals surface area contributed by atoms with Gasteiger partial charge >= 0.3 is 5.97 Å². The van der Waals surface area contributed by atoms with Crippen LogP contribution in [0.3, 0.4) is 0 Å². The van der Waals surface area contributed by atoms with Gasteiger partial charge in [0.05, 0.1) is 19.9 Å². The smallest absolute Gasteiger partial charge is 0.350 e. The Hall–Kier alpha value is -3.57. The van der Waals surface area contributed by atoms with Gasteiger partial charge in [-0.25, -0.2) is 4.79 Å². The molecule has 0 radical (unpaired) electrons. The van der Waals surface area contributed by atoms with Gasteiger partial charge in [-0.3, -0.25) is 9.59 Å². The van der Waals surface area contributed by atoms with Gasteiger partial charge in [0.25, 0.3) is 5.60 Å². The van der Waals surface area contributed by atoms with E-state index in [2.05, 4.69) is 66.3 Å². The third-order valence-electron chi connectivity index (χ3n) is 14.0. The van der Waals surface area contributed by atoms with Crippen molar-refractivity contribution < 1.29 is 29.0 Å². The van der Waals surface area contributed by atoms with Crippen LogP contribution >= 0.6 is 0 Å². The van der Waals surface area contributed by atoms with Crippen molar-refractivity contribution >= 4 is 17.5 Å². The van der Waals surface area contributed by atoms with E-state index in [4.69, 9.17) is 9.47 Å². The number of aliphatic hydroxyl groups excluding tert-OH is 1. The SMILES string of the molecule is CCNC1CC2C=CCCC2CC1COC(=O)C12OC1(CC(CO)=C(C)CC1(C3=CCNC(NCNC)=C3)CCCCC1)C(=O)c1cccc(CC(C)C)c1C2=O. The van der Waals surface area contributed by atoms with Crippen molar-refractivity contribution in [1.82, 2.24) is 21.3 Å². The summed E-state index contributed by atoms with van der Waals surface area (Å²) in [6, 6.07) is 5.57. The number of benzene rings is 1. The quantitative estimate of drug-likeness (QED) is 0.0417. The number of nitrogens with one attached hydrogen (secondary N) is 4. The number of ketones is 2. The Bertz CT molecular complexity index is 1820. The molecule has 1 aromatic carbocycles. The van der Waals surface area contributed by atoms with E-state index >= 15 is 0 Å². The summed E-state index contributed by atoms with van der Waals surface area (Å²) in [6.45, 7) is 10.3. The second-order valence-corrected chi connectivity index (χ2v) is 18.2. The van der Waals surface area contributed by atoms with Gasteiger partial charge in [0.2, 0.25) is 5.78 Å². The Morgan fingerprint density at radius 1 is 1.11 bits per heavy atom. The van der Waals surface area contributed by atoms with Crippen LogP contribution in [0, 0.1) is 29.1 Å². The molecule has 10 heteroatoms. The first kappa shape index (κ1) is 41.6. The molecule has 6 aliphatic rings. The molecule has 1 aromatic rings. The van der Waals surface area contributed by atoms with Crippen LogP contribution in [0.4, 0.5) is 0 Å². The normalized spacial score (nSPS) is 30.6. The molecule has 6 atom stereocenters. The summed E-state index contributed by atoms with van der Waals surface area (Å²) in [5.74, 6) is 0.678. The Labute approximate surface area is 339 Å². The number of carbonyl (C=O) groups is 3. The van der Waals surface area contributed by atoms with E-state index in [-0.39, 0.29) is 54.3 Å². The lowest BCUT2D eigenvalue weighted by molar-refractivity contribution is -0.150.